The van der Waals surface area contributed by atoms with Crippen molar-refractivity contribution in [2.45, 2.75) is 32.8 Å². The third-order valence-corrected chi connectivity index (χ3v) is 4.77. The molecule has 3 heterocycles. The van der Waals surface area contributed by atoms with E-state index in [1.54, 1.807) is 0 Å². The zero-order valence-electron chi connectivity index (χ0n) is 14.4. The second kappa shape index (κ2) is 6.70. The van der Waals surface area contributed by atoms with Crippen molar-refractivity contribution in [1.29, 1.82) is 0 Å². The molecule has 1 saturated heterocycles. The lowest BCUT2D eigenvalue weighted by atomic mass is 10.0. The predicted octanol–water partition coefficient (Wildman–Crippen LogP) is 2.30. The maximum absolute atomic E-state index is 12.3. The number of aryl methyl sites for hydroxylation is 1. The van der Waals surface area contributed by atoms with E-state index >= 15 is 0 Å². The van der Waals surface area contributed by atoms with Crippen LogP contribution in [0.1, 0.15) is 35.5 Å². The molecule has 0 bridgehead atoms. The Kier molecular flexibility index (Phi) is 4.26. The fraction of sp³-hybridized carbons (Fsp3) is 0.421. The van der Waals surface area contributed by atoms with Crippen LogP contribution in [0.2, 0.25) is 0 Å². The fourth-order valence-corrected chi connectivity index (χ4v) is 3.47. The highest BCUT2D eigenvalue weighted by atomic mass is 16.5. The number of nitrogens with zero attached hydrogens (tertiary/aromatic N) is 3. The number of carbonyl (C=O) groups is 1. The summed E-state index contributed by atoms with van der Waals surface area (Å²) < 4.78 is 5.90. The summed E-state index contributed by atoms with van der Waals surface area (Å²) in [7, 11) is 0. The minimum atomic E-state index is 0.132. The maximum atomic E-state index is 12.3. The lowest BCUT2D eigenvalue weighted by Gasteiger charge is -2.17. The van der Waals surface area contributed by atoms with Gasteiger partial charge in [-0.3, -0.25) is 4.79 Å². The first-order chi connectivity index (χ1) is 12.2. The first-order valence-corrected chi connectivity index (χ1v) is 8.79. The summed E-state index contributed by atoms with van der Waals surface area (Å²) in [6.45, 7) is 4.28. The first-order valence-electron chi connectivity index (χ1n) is 8.79. The largest absolute Gasteiger partial charge is 0.487 e. The van der Waals surface area contributed by atoms with E-state index in [9.17, 15) is 4.79 Å². The molecule has 6 heteroatoms. The molecule has 2 aliphatic heterocycles. The molecule has 1 N–H and O–H groups in total. The van der Waals surface area contributed by atoms with E-state index in [-0.39, 0.29) is 12.5 Å². The molecule has 130 valence electrons. The SMILES string of the molecule is Cc1nc2c(c(NCC(=O)N3CCCC3)n1)Cc1ccccc1OC2. The van der Waals surface area contributed by atoms with Gasteiger partial charge in [-0.05, 0) is 31.4 Å². The van der Waals surface area contributed by atoms with Crippen LogP contribution in [0.5, 0.6) is 5.75 Å². The number of ether oxygens (including phenoxy) is 1. The van der Waals surface area contributed by atoms with E-state index < -0.39 is 0 Å². The predicted molar refractivity (Wildman–Crippen MR) is 94.7 cm³/mol. The number of para-hydroxylation sites is 1. The van der Waals surface area contributed by atoms with Gasteiger partial charge in [0.25, 0.3) is 0 Å². The highest BCUT2D eigenvalue weighted by Crippen LogP contribution is 2.30. The van der Waals surface area contributed by atoms with Crippen LogP contribution in [-0.2, 0) is 17.8 Å². The van der Waals surface area contributed by atoms with Gasteiger partial charge in [-0.2, -0.15) is 0 Å². The Morgan fingerprint density at radius 1 is 1.24 bits per heavy atom. The summed E-state index contributed by atoms with van der Waals surface area (Å²) in [5, 5.41) is 3.25. The number of anilines is 1. The molecule has 1 aromatic heterocycles. The van der Waals surface area contributed by atoms with Gasteiger partial charge in [0, 0.05) is 25.1 Å². The Bertz CT molecular complexity index is 800. The van der Waals surface area contributed by atoms with Crippen LogP contribution < -0.4 is 10.1 Å². The molecule has 25 heavy (non-hydrogen) atoms. The van der Waals surface area contributed by atoms with E-state index in [2.05, 4.69) is 21.4 Å². The molecule has 2 aromatic rings. The second-order valence-corrected chi connectivity index (χ2v) is 6.56. The van der Waals surface area contributed by atoms with Crippen LogP contribution in [0, 0.1) is 6.92 Å². The van der Waals surface area contributed by atoms with Gasteiger partial charge in [0.1, 0.15) is 24.0 Å². The Morgan fingerprint density at radius 3 is 2.88 bits per heavy atom. The average Bonchev–Trinajstić information content (AvgIpc) is 3.09. The van der Waals surface area contributed by atoms with E-state index in [1.807, 2.05) is 30.0 Å². The standard InChI is InChI=1S/C19H22N4O2/c1-13-21-16-12-25-17-7-3-2-6-14(17)10-15(16)19(22-13)20-11-18(24)23-8-4-5-9-23/h2-3,6-7H,4-5,8-12H2,1H3,(H,20,21,22). The lowest BCUT2D eigenvalue weighted by molar-refractivity contribution is -0.128. The summed E-state index contributed by atoms with van der Waals surface area (Å²) in [4.78, 5) is 23.3. The smallest absolute Gasteiger partial charge is 0.241 e. The van der Waals surface area contributed by atoms with Crippen molar-refractivity contribution in [2.24, 2.45) is 0 Å². The van der Waals surface area contributed by atoms with Crippen molar-refractivity contribution in [3.05, 3.63) is 46.9 Å². The molecule has 1 fully saturated rings. The van der Waals surface area contributed by atoms with Crippen molar-refractivity contribution < 1.29 is 9.53 Å². The Labute approximate surface area is 147 Å². The molecule has 1 amide bonds. The minimum Gasteiger partial charge on any atom is -0.487 e. The average molecular weight is 338 g/mol. The molecular weight excluding hydrogens is 316 g/mol. The first kappa shape index (κ1) is 15.9. The topological polar surface area (TPSA) is 67.4 Å². The lowest BCUT2D eigenvalue weighted by Crippen LogP contribution is -2.33. The summed E-state index contributed by atoms with van der Waals surface area (Å²) in [6.07, 6.45) is 2.90. The molecular formula is C19H22N4O2. The normalized spacial score (nSPS) is 15.8. The molecule has 0 spiro atoms. The number of likely N-dealkylation sites (tertiary alicyclic amines) is 1. The number of fused-ring (bicyclic) bond motifs is 2. The molecule has 1 aromatic carbocycles. The van der Waals surface area contributed by atoms with Crippen LogP contribution in [0.3, 0.4) is 0 Å². The van der Waals surface area contributed by atoms with Gasteiger partial charge in [-0.1, -0.05) is 18.2 Å². The van der Waals surface area contributed by atoms with E-state index in [4.69, 9.17) is 4.74 Å². The fourth-order valence-electron chi connectivity index (χ4n) is 3.47. The van der Waals surface area contributed by atoms with Crippen molar-refractivity contribution in [3.8, 4) is 5.75 Å². The number of rotatable bonds is 3. The number of nitrogens with one attached hydrogen (secondary N) is 1. The molecule has 2 aliphatic rings. The summed E-state index contributed by atoms with van der Waals surface area (Å²) >= 11 is 0. The third kappa shape index (κ3) is 3.29. The molecule has 0 unspecified atom stereocenters. The molecule has 0 aliphatic carbocycles. The van der Waals surface area contributed by atoms with Crippen molar-refractivity contribution in [3.63, 3.8) is 0 Å². The zero-order chi connectivity index (χ0) is 17.2. The number of hydrogen-bond donors (Lipinski definition) is 1. The van der Waals surface area contributed by atoms with Crippen molar-refractivity contribution in [2.75, 3.05) is 25.0 Å². The minimum absolute atomic E-state index is 0.132. The van der Waals surface area contributed by atoms with Crippen molar-refractivity contribution >= 4 is 11.7 Å². The Hall–Kier alpha value is -2.63. The summed E-state index contributed by atoms with van der Waals surface area (Å²) in [6, 6.07) is 8.01. The van der Waals surface area contributed by atoms with E-state index in [1.165, 1.54) is 0 Å². The van der Waals surface area contributed by atoms with Gasteiger partial charge in [-0.25, -0.2) is 9.97 Å². The van der Waals surface area contributed by atoms with E-state index in [0.717, 1.165) is 54.3 Å². The second-order valence-electron chi connectivity index (χ2n) is 6.56. The quantitative estimate of drug-likeness (QED) is 0.930. The number of carbonyl (C=O) groups excluding carboxylic acids is 1. The van der Waals surface area contributed by atoms with Crippen LogP contribution >= 0.6 is 0 Å². The summed E-state index contributed by atoms with van der Waals surface area (Å²) in [5.74, 6) is 2.45. The van der Waals surface area contributed by atoms with Crippen molar-refractivity contribution in [1.82, 2.24) is 14.9 Å². The van der Waals surface area contributed by atoms with E-state index in [0.29, 0.717) is 18.9 Å². The third-order valence-electron chi connectivity index (χ3n) is 4.77. The maximum Gasteiger partial charge on any atom is 0.241 e. The van der Waals surface area contributed by atoms with Gasteiger partial charge in [0.05, 0.1) is 12.2 Å². The molecule has 6 nitrogen and oxygen atoms in total. The van der Waals surface area contributed by atoms with Gasteiger partial charge in [0.15, 0.2) is 0 Å². The van der Waals surface area contributed by atoms with Crippen LogP contribution in [0.4, 0.5) is 5.82 Å². The van der Waals surface area contributed by atoms with Gasteiger partial charge in [0.2, 0.25) is 5.91 Å². The number of amides is 1. The number of benzene rings is 1. The number of aromatic nitrogens is 2. The van der Waals surface area contributed by atoms with Crippen LogP contribution in [-0.4, -0.2) is 40.4 Å². The van der Waals surface area contributed by atoms with Crippen LogP contribution in [0.25, 0.3) is 0 Å². The van der Waals surface area contributed by atoms with Gasteiger partial charge < -0.3 is 15.0 Å². The monoisotopic (exact) mass is 338 g/mol. The highest BCUT2D eigenvalue weighted by molar-refractivity contribution is 5.81. The van der Waals surface area contributed by atoms with Gasteiger partial charge in [-0.15, -0.1) is 0 Å². The van der Waals surface area contributed by atoms with Gasteiger partial charge >= 0.3 is 0 Å². The molecule has 4 rings (SSSR count). The highest BCUT2D eigenvalue weighted by Gasteiger charge is 2.22. The zero-order valence-corrected chi connectivity index (χ0v) is 14.4. The Balaban J connectivity index is 1.58. The van der Waals surface area contributed by atoms with Crippen LogP contribution in [0.15, 0.2) is 24.3 Å². The number of hydrogen-bond acceptors (Lipinski definition) is 5. The molecule has 0 radical (unpaired) electrons. The molecule has 0 atom stereocenters. The Morgan fingerprint density at radius 2 is 2.04 bits per heavy atom. The molecule has 0 saturated carbocycles. The summed E-state index contributed by atoms with van der Waals surface area (Å²) in [5.41, 5.74) is 3.02.